The van der Waals surface area contributed by atoms with E-state index in [9.17, 15) is 18.0 Å². The molecule has 4 nitrogen and oxygen atoms in total. The summed E-state index contributed by atoms with van der Waals surface area (Å²) in [7, 11) is 0. The number of nitrogens with one attached hydrogen (secondary N) is 1. The molecule has 1 N–H and O–H groups in total. The number of rotatable bonds is 5. The highest BCUT2D eigenvalue weighted by molar-refractivity contribution is 5.95. The van der Waals surface area contributed by atoms with Crippen LogP contribution in [0.25, 0.3) is 0 Å². The molecule has 0 unspecified atom stereocenters. The quantitative estimate of drug-likeness (QED) is 0.876. The van der Waals surface area contributed by atoms with Gasteiger partial charge < -0.3 is 10.1 Å². The number of carbonyl (C=O) groups excluding carboxylic acids is 1. The van der Waals surface area contributed by atoms with E-state index in [0.29, 0.717) is 11.3 Å². The minimum atomic E-state index is -4.77. The van der Waals surface area contributed by atoms with Crippen molar-refractivity contribution in [3.8, 4) is 5.75 Å². The summed E-state index contributed by atoms with van der Waals surface area (Å²) in [6.07, 6.45) is -3.16. The lowest BCUT2D eigenvalue weighted by atomic mass is 10.1. The molecule has 135 valence electrons. The van der Waals surface area contributed by atoms with Crippen LogP contribution in [0.15, 0.2) is 66.4 Å². The second-order valence-corrected chi connectivity index (χ2v) is 5.86. The highest BCUT2D eigenvalue weighted by Crippen LogP contribution is 2.29. The molecule has 1 aliphatic heterocycles. The Morgan fingerprint density at radius 2 is 1.85 bits per heavy atom. The molecule has 0 fully saturated rings. The first-order valence-electron chi connectivity index (χ1n) is 7.96. The van der Waals surface area contributed by atoms with Gasteiger partial charge in [-0.2, -0.15) is 0 Å². The standard InChI is InChI=1S/C19H16F3N2O2/c1-12(13-6-3-2-4-7-13)23-17-11-16(24-18(17)25)14-8-5-9-15(10-14)26-19(20,21)22/h2-12,16,23H,1H3/t12-,16+/m1/s1. The van der Waals surface area contributed by atoms with E-state index in [1.165, 1.54) is 18.2 Å². The van der Waals surface area contributed by atoms with Crippen LogP contribution in [0.3, 0.4) is 0 Å². The lowest BCUT2D eigenvalue weighted by molar-refractivity contribution is -0.274. The van der Waals surface area contributed by atoms with E-state index in [1.807, 2.05) is 37.3 Å². The molecule has 1 aliphatic rings. The third kappa shape index (κ3) is 4.36. The molecule has 0 saturated carbocycles. The fourth-order valence-corrected chi connectivity index (χ4v) is 2.70. The van der Waals surface area contributed by atoms with Crippen LogP contribution in [0.4, 0.5) is 13.2 Å². The summed E-state index contributed by atoms with van der Waals surface area (Å²) >= 11 is 0. The smallest absolute Gasteiger partial charge is 0.406 e. The first kappa shape index (κ1) is 17.8. The van der Waals surface area contributed by atoms with Gasteiger partial charge in [-0.15, -0.1) is 13.2 Å². The topological polar surface area (TPSA) is 52.4 Å². The molecular formula is C19H16F3N2O2. The molecule has 0 saturated heterocycles. The highest BCUT2D eigenvalue weighted by atomic mass is 19.4. The molecule has 0 spiro atoms. The number of carbonyl (C=O) groups is 1. The summed E-state index contributed by atoms with van der Waals surface area (Å²) in [5.41, 5.74) is 1.78. The fourth-order valence-electron chi connectivity index (χ4n) is 2.70. The second kappa shape index (κ2) is 7.11. The highest BCUT2D eigenvalue weighted by Gasteiger charge is 2.32. The molecule has 2 aromatic carbocycles. The molecule has 2 aromatic rings. The van der Waals surface area contributed by atoms with Crippen molar-refractivity contribution in [1.82, 2.24) is 10.6 Å². The van der Waals surface area contributed by atoms with Crippen LogP contribution in [0.1, 0.15) is 30.1 Å². The van der Waals surface area contributed by atoms with Gasteiger partial charge in [0.15, 0.2) is 0 Å². The molecule has 0 aliphatic carbocycles. The maximum atomic E-state index is 12.4. The number of alkyl halides is 3. The number of benzene rings is 2. The van der Waals surface area contributed by atoms with Gasteiger partial charge in [-0.3, -0.25) is 4.79 Å². The Balaban J connectivity index is 1.75. The van der Waals surface area contributed by atoms with Crippen LogP contribution >= 0.6 is 0 Å². The average Bonchev–Trinajstić information content (AvgIpc) is 2.95. The van der Waals surface area contributed by atoms with Crippen LogP contribution < -0.4 is 15.4 Å². The minimum absolute atomic E-state index is 0.111. The van der Waals surface area contributed by atoms with Crippen molar-refractivity contribution < 1.29 is 22.7 Å². The number of halogens is 3. The third-order valence-electron chi connectivity index (χ3n) is 3.92. The lowest BCUT2D eigenvalue weighted by Gasteiger charge is -2.14. The summed E-state index contributed by atoms with van der Waals surface area (Å²) in [6, 6.07) is 14.3. The Morgan fingerprint density at radius 3 is 2.54 bits per heavy atom. The fraction of sp³-hybridized carbons (Fsp3) is 0.211. The van der Waals surface area contributed by atoms with E-state index in [0.717, 1.165) is 5.56 Å². The van der Waals surface area contributed by atoms with Crippen molar-refractivity contribution in [2.75, 3.05) is 0 Å². The van der Waals surface area contributed by atoms with Gasteiger partial charge in [0.25, 0.3) is 5.91 Å². The largest absolute Gasteiger partial charge is 0.573 e. The Hall–Kier alpha value is -2.96. The molecule has 0 bridgehead atoms. The van der Waals surface area contributed by atoms with Gasteiger partial charge in [-0.05, 0) is 36.3 Å². The molecule has 0 aromatic heterocycles. The van der Waals surface area contributed by atoms with Gasteiger partial charge in [0, 0.05) is 6.04 Å². The van der Waals surface area contributed by atoms with Crippen molar-refractivity contribution in [3.05, 3.63) is 77.5 Å². The van der Waals surface area contributed by atoms with Gasteiger partial charge in [0.05, 0.1) is 6.04 Å². The van der Waals surface area contributed by atoms with Crippen LogP contribution in [0, 0.1) is 0 Å². The van der Waals surface area contributed by atoms with Crippen LogP contribution in [0.5, 0.6) is 5.75 Å². The molecular weight excluding hydrogens is 345 g/mol. The van der Waals surface area contributed by atoms with Crippen molar-refractivity contribution >= 4 is 5.91 Å². The predicted molar refractivity (Wildman–Crippen MR) is 89.1 cm³/mol. The summed E-state index contributed by atoms with van der Waals surface area (Å²) in [6.45, 7) is 1.91. The Morgan fingerprint density at radius 1 is 1.12 bits per heavy atom. The normalized spacial score (nSPS) is 18.1. The molecule has 1 heterocycles. The number of nitrogens with zero attached hydrogens (tertiary/aromatic N) is 1. The second-order valence-electron chi connectivity index (χ2n) is 5.86. The van der Waals surface area contributed by atoms with Gasteiger partial charge in [0.1, 0.15) is 11.4 Å². The van der Waals surface area contributed by atoms with E-state index in [-0.39, 0.29) is 11.8 Å². The number of ether oxygens (including phenoxy) is 1. The zero-order valence-electron chi connectivity index (χ0n) is 13.8. The van der Waals surface area contributed by atoms with Crippen molar-refractivity contribution in [1.29, 1.82) is 0 Å². The zero-order valence-corrected chi connectivity index (χ0v) is 13.8. The van der Waals surface area contributed by atoms with Crippen molar-refractivity contribution in [3.63, 3.8) is 0 Å². The third-order valence-corrected chi connectivity index (χ3v) is 3.92. The van der Waals surface area contributed by atoms with E-state index in [4.69, 9.17) is 0 Å². The number of hydrogen-bond acceptors (Lipinski definition) is 3. The lowest BCUT2D eigenvalue weighted by Crippen LogP contribution is -2.24. The maximum Gasteiger partial charge on any atom is 0.573 e. The van der Waals surface area contributed by atoms with E-state index in [2.05, 4.69) is 15.4 Å². The van der Waals surface area contributed by atoms with Crippen LogP contribution in [0.2, 0.25) is 0 Å². The SMILES string of the molecule is C[C@@H](NC1=C[C@@H](c2cccc(OC(F)(F)F)c2)[N]C1=O)c1ccccc1. The molecule has 7 heteroatoms. The van der Waals surface area contributed by atoms with Gasteiger partial charge in [-0.1, -0.05) is 42.5 Å². The van der Waals surface area contributed by atoms with E-state index >= 15 is 0 Å². The van der Waals surface area contributed by atoms with Gasteiger partial charge >= 0.3 is 6.36 Å². The van der Waals surface area contributed by atoms with E-state index < -0.39 is 18.3 Å². The monoisotopic (exact) mass is 361 g/mol. The first-order chi connectivity index (χ1) is 12.3. The van der Waals surface area contributed by atoms with Crippen LogP contribution in [-0.4, -0.2) is 12.3 Å². The molecule has 1 radical (unpaired) electrons. The predicted octanol–water partition coefficient (Wildman–Crippen LogP) is 4.01. The Labute approximate surface area is 148 Å². The summed E-state index contributed by atoms with van der Waals surface area (Å²) in [4.78, 5) is 12.1. The first-order valence-corrected chi connectivity index (χ1v) is 7.96. The molecule has 3 rings (SSSR count). The Bertz CT molecular complexity index is 819. The summed E-state index contributed by atoms with van der Waals surface area (Å²) in [5, 5.41) is 7.10. The van der Waals surface area contributed by atoms with Crippen molar-refractivity contribution in [2.24, 2.45) is 0 Å². The average molecular weight is 361 g/mol. The van der Waals surface area contributed by atoms with Gasteiger partial charge in [0.2, 0.25) is 0 Å². The number of hydrogen-bond donors (Lipinski definition) is 1. The molecule has 26 heavy (non-hydrogen) atoms. The zero-order chi connectivity index (χ0) is 18.7. The Kier molecular flexibility index (Phi) is 4.88. The summed E-state index contributed by atoms with van der Waals surface area (Å²) in [5.74, 6) is -0.773. The van der Waals surface area contributed by atoms with Gasteiger partial charge in [-0.25, -0.2) is 5.32 Å². The van der Waals surface area contributed by atoms with Crippen LogP contribution in [-0.2, 0) is 4.79 Å². The summed E-state index contributed by atoms with van der Waals surface area (Å²) < 4.78 is 41.0. The maximum absolute atomic E-state index is 12.4. The molecule has 2 atom stereocenters. The molecule has 1 amide bonds. The van der Waals surface area contributed by atoms with E-state index in [1.54, 1.807) is 12.1 Å². The minimum Gasteiger partial charge on any atom is -0.406 e. The van der Waals surface area contributed by atoms with Crippen molar-refractivity contribution in [2.45, 2.75) is 25.4 Å². The number of amides is 1.